The summed E-state index contributed by atoms with van der Waals surface area (Å²) in [5.74, 6) is 0. The Labute approximate surface area is 154 Å². The van der Waals surface area contributed by atoms with Gasteiger partial charge in [0.1, 0.15) is 0 Å². The minimum absolute atomic E-state index is 0. The van der Waals surface area contributed by atoms with Crippen molar-refractivity contribution in [2.75, 3.05) is 26.3 Å². The van der Waals surface area contributed by atoms with Gasteiger partial charge >= 0.3 is 0 Å². The molecule has 1 fully saturated rings. The average Bonchev–Trinajstić information content (AvgIpc) is 3.04. The lowest BCUT2D eigenvalue weighted by Crippen LogP contribution is -2.40. The molecule has 1 atom stereocenters. The minimum atomic E-state index is 0. The SMILES string of the molecule is Cl.c1ccc(-c2[nH]c3cccc4c3c2CCC4N2CCOCC2)cc1. The molecule has 2 heterocycles. The van der Waals surface area contributed by atoms with Gasteiger partial charge in [-0.2, -0.15) is 0 Å². The van der Waals surface area contributed by atoms with Crippen LogP contribution in [0.1, 0.15) is 23.6 Å². The first-order chi connectivity index (χ1) is 11.9. The maximum atomic E-state index is 5.55. The topological polar surface area (TPSA) is 28.3 Å². The van der Waals surface area contributed by atoms with E-state index in [-0.39, 0.29) is 12.4 Å². The van der Waals surface area contributed by atoms with Gasteiger partial charge in [-0.15, -0.1) is 12.4 Å². The Hall–Kier alpha value is -1.81. The third-order valence-electron chi connectivity index (χ3n) is 5.54. The number of hydrogen-bond acceptors (Lipinski definition) is 2. The van der Waals surface area contributed by atoms with Crippen molar-refractivity contribution in [1.82, 2.24) is 9.88 Å². The van der Waals surface area contributed by atoms with Crippen molar-refractivity contribution in [1.29, 1.82) is 0 Å². The van der Waals surface area contributed by atoms with Gasteiger partial charge < -0.3 is 9.72 Å². The Bertz CT molecular complexity index is 868. The van der Waals surface area contributed by atoms with Crippen LogP contribution >= 0.6 is 12.4 Å². The van der Waals surface area contributed by atoms with E-state index in [9.17, 15) is 0 Å². The summed E-state index contributed by atoms with van der Waals surface area (Å²) in [7, 11) is 0. The molecule has 1 saturated heterocycles. The van der Waals surface area contributed by atoms with Gasteiger partial charge in [0.25, 0.3) is 0 Å². The zero-order chi connectivity index (χ0) is 15.9. The fourth-order valence-corrected chi connectivity index (χ4v) is 4.43. The maximum Gasteiger partial charge on any atom is 0.0594 e. The van der Waals surface area contributed by atoms with Gasteiger partial charge in [-0.3, -0.25) is 4.90 Å². The van der Waals surface area contributed by atoms with Gasteiger partial charge in [-0.05, 0) is 35.6 Å². The Morgan fingerprint density at radius 2 is 1.76 bits per heavy atom. The molecule has 0 amide bonds. The summed E-state index contributed by atoms with van der Waals surface area (Å²) in [5.41, 5.74) is 6.86. The molecule has 0 bridgehead atoms. The zero-order valence-corrected chi connectivity index (χ0v) is 15.0. The standard InChI is InChI=1S/C21H22N2O.ClH/c1-2-5-15(6-3-1)21-17-9-10-19(23-11-13-24-14-12-23)16-7-4-8-18(22-21)20(16)17;/h1-8,19,22H,9-14H2;1H. The number of nitrogens with one attached hydrogen (secondary N) is 1. The van der Waals surface area contributed by atoms with Crippen LogP contribution in [0.5, 0.6) is 0 Å². The molecular weight excluding hydrogens is 332 g/mol. The monoisotopic (exact) mass is 354 g/mol. The van der Waals surface area contributed by atoms with Crippen molar-refractivity contribution >= 4 is 23.3 Å². The molecular formula is C21H23ClN2O. The molecule has 0 saturated carbocycles. The molecule has 25 heavy (non-hydrogen) atoms. The number of H-pyrrole nitrogens is 1. The van der Waals surface area contributed by atoms with Crippen molar-refractivity contribution in [3.05, 3.63) is 59.7 Å². The second-order valence-corrected chi connectivity index (χ2v) is 6.82. The quantitative estimate of drug-likeness (QED) is 0.729. The minimum Gasteiger partial charge on any atom is -0.379 e. The Morgan fingerprint density at radius 1 is 0.960 bits per heavy atom. The first kappa shape index (κ1) is 16.6. The summed E-state index contributed by atoms with van der Waals surface area (Å²) in [6.07, 6.45) is 2.34. The summed E-state index contributed by atoms with van der Waals surface area (Å²) in [4.78, 5) is 6.30. The number of benzene rings is 2. The summed E-state index contributed by atoms with van der Waals surface area (Å²) in [6.45, 7) is 3.82. The van der Waals surface area contributed by atoms with E-state index < -0.39 is 0 Å². The molecule has 1 aromatic heterocycles. The molecule has 1 N–H and O–H groups in total. The predicted molar refractivity (Wildman–Crippen MR) is 104 cm³/mol. The molecule has 1 aliphatic carbocycles. The second-order valence-electron chi connectivity index (χ2n) is 6.82. The highest BCUT2D eigenvalue weighted by molar-refractivity contribution is 5.94. The number of nitrogens with zero attached hydrogens (tertiary/aromatic N) is 1. The molecule has 1 unspecified atom stereocenters. The molecule has 0 radical (unpaired) electrons. The van der Waals surface area contributed by atoms with Crippen LogP contribution in [0.4, 0.5) is 0 Å². The largest absolute Gasteiger partial charge is 0.379 e. The number of morpholine rings is 1. The first-order valence-electron chi connectivity index (χ1n) is 8.92. The van der Waals surface area contributed by atoms with Crippen molar-refractivity contribution in [3.8, 4) is 11.3 Å². The molecule has 2 aliphatic rings. The summed E-state index contributed by atoms with van der Waals surface area (Å²) in [6, 6.07) is 18.0. The van der Waals surface area contributed by atoms with Crippen molar-refractivity contribution in [3.63, 3.8) is 0 Å². The smallest absolute Gasteiger partial charge is 0.0594 e. The Morgan fingerprint density at radius 3 is 2.56 bits per heavy atom. The van der Waals surface area contributed by atoms with E-state index in [2.05, 4.69) is 58.4 Å². The lowest BCUT2D eigenvalue weighted by Gasteiger charge is -2.37. The van der Waals surface area contributed by atoms with Gasteiger partial charge in [0.2, 0.25) is 0 Å². The molecule has 3 aromatic rings. The Balaban J connectivity index is 0.00000157. The van der Waals surface area contributed by atoms with Crippen LogP contribution in [0.2, 0.25) is 0 Å². The highest BCUT2D eigenvalue weighted by Crippen LogP contribution is 2.42. The van der Waals surface area contributed by atoms with Gasteiger partial charge in [0.05, 0.1) is 13.2 Å². The van der Waals surface area contributed by atoms with Crippen LogP contribution in [-0.2, 0) is 11.2 Å². The van der Waals surface area contributed by atoms with E-state index in [1.54, 1.807) is 0 Å². The van der Waals surface area contributed by atoms with Crippen LogP contribution in [-0.4, -0.2) is 36.2 Å². The van der Waals surface area contributed by atoms with E-state index in [4.69, 9.17) is 4.74 Å². The second kappa shape index (κ2) is 6.83. The fourth-order valence-electron chi connectivity index (χ4n) is 4.43. The molecule has 3 nitrogen and oxygen atoms in total. The molecule has 130 valence electrons. The van der Waals surface area contributed by atoms with E-state index in [0.717, 1.165) is 32.7 Å². The lowest BCUT2D eigenvalue weighted by molar-refractivity contribution is 0.0141. The number of hydrogen-bond donors (Lipinski definition) is 1. The number of aromatic amines is 1. The highest BCUT2D eigenvalue weighted by atomic mass is 35.5. The maximum absolute atomic E-state index is 5.55. The lowest BCUT2D eigenvalue weighted by atomic mass is 9.86. The molecule has 2 aromatic carbocycles. The number of ether oxygens (including phenoxy) is 1. The average molecular weight is 355 g/mol. The summed E-state index contributed by atoms with van der Waals surface area (Å²) < 4.78 is 5.55. The number of aryl methyl sites for hydroxylation is 1. The van der Waals surface area contributed by atoms with Crippen molar-refractivity contribution < 1.29 is 4.74 Å². The number of aromatic nitrogens is 1. The first-order valence-corrected chi connectivity index (χ1v) is 8.92. The molecule has 4 heteroatoms. The van der Waals surface area contributed by atoms with Crippen LogP contribution in [0.3, 0.4) is 0 Å². The summed E-state index contributed by atoms with van der Waals surface area (Å²) in [5, 5.41) is 1.46. The van der Waals surface area contributed by atoms with E-state index >= 15 is 0 Å². The number of halogens is 1. The van der Waals surface area contributed by atoms with E-state index in [1.807, 2.05) is 0 Å². The normalized spacial score (nSPS) is 20.4. The predicted octanol–water partition coefficient (Wildman–Crippen LogP) is 4.58. The van der Waals surface area contributed by atoms with Gasteiger partial charge in [-0.1, -0.05) is 42.5 Å². The van der Waals surface area contributed by atoms with E-state index in [1.165, 1.54) is 39.7 Å². The van der Waals surface area contributed by atoms with Gasteiger partial charge in [-0.25, -0.2) is 0 Å². The van der Waals surface area contributed by atoms with E-state index in [0.29, 0.717) is 6.04 Å². The van der Waals surface area contributed by atoms with Gasteiger partial charge in [0.15, 0.2) is 0 Å². The van der Waals surface area contributed by atoms with Crippen molar-refractivity contribution in [2.45, 2.75) is 18.9 Å². The molecule has 1 aliphatic heterocycles. The highest BCUT2D eigenvalue weighted by Gasteiger charge is 2.30. The molecule has 5 rings (SSSR count). The zero-order valence-electron chi connectivity index (χ0n) is 14.2. The van der Waals surface area contributed by atoms with Crippen molar-refractivity contribution in [2.24, 2.45) is 0 Å². The van der Waals surface area contributed by atoms with Crippen LogP contribution in [0, 0.1) is 0 Å². The van der Waals surface area contributed by atoms with Crippen LogP contribution in [0.25, 0.3) is 22.2 Å². The van der Waals surface area contributed by atoms with Crippen LogP contribution in [0.15, 0.2) is 48.5 Å². The number of rotatable bonds is 2. The Kier molecular flexibility index (Phi) is 4.55. The fraction of sp³-hybridized carbons (Fsp3) is 0.333. The van der Waals surface area contributed by atoms with Gasteiger partial charge in [0, 0.05) is 35.7 Å². The van der Waals surface area contributed by atoms with Crippen LogP contribution < -0.4 is 0 Å². The third-order valence-corrected chi connectivity index (χ3v) is 5.54. The third kappa shape index (κ3) is 2.77. The molecule has 0 spiro atoms. The summed E-state index contributed by atoms with van der Waals surface area (Å²) >= 11 is 0.